The van der Waals surface area contributed by atoms with Crippen LogP contribution in [0.15, 0.2) is 41.0 Å². The summed E-state index contributed by atoms with van der Waals surface area (Å²) in [6.45, 7) is 0. The second-order valence-corrected chi connectivity index (χ2v) is 5.38. The van der Waals surface area contributed by atoms with E-state index in [0.717, 1.165) is 11.1 Å². The summed E-state index contributed by atoms with van der Waals surface area (Å²) in [6.07, 6.45) is 1.62. The molecule has 6 heteroatoms. The molecule has 0 atom stereocenters. The summed E-state index contributed by atoms with van der Waals surface area (Å²) in [5.74, 6) is 1.63. The first-order chi connectivity index (χ1) is 12.1. The minimum atomic E-state index is -0.221. The van der Waals surface area contributed by atoms with Crippen molar-refractivity contribution in [2.75, 3.05) is 28.4 Å². The maximum atomic E-state index is 12.4. The Bertz CT molecular complexity index is 907. The van der Waals surface area contributed by atoms with Crippen LogP contribution < -0.4 is 19.5 Å². The van der Waals surface area contributed by atoms with E-state index in [1.807, 2.05) is 12.1 Å². The van der Waals surface area contributed by atoms with Crippen molar-refractivity contribution in [3.8, 4) is 28.4 Å². The average Bonchev–Trinajstić information content (AvgIpc) is 3.09. The monoisotopic (exact) mass is 341 g/mol. The van der Waals surface area contributed by atoms with Gasteiger partial charge in [-0.15, -0.1) is 0 Å². The number of fused-ring (bicyclic) bond motifs is 1. The third-order valence-corrected chi connectivity index (χ3v) is 4.02. The normalized spacial score (nSPS) is 10.6. The minimum Gasteiger partial charge on any atom is -0.497 e. The first-order valence-electron chi connectivity index (χ1n) is 7.66. The molecule has 0 saturated carbocycles. The molecule has 3 rings (SSSR count). The molecule has 0 unspecified atom stereocenters. The summed E-state index contributed by atoms with van der Waals surface area (Å²) in [7, 11) is 6.31. The highest BCUT2D eigenvalue weighted by Gasteiger charge is 2.19. The molecule has 1 aromatic heterocycles. The number of nitrogens with one attached hydrogen (secondary N) is 1. The molecule has 0 aliphatic carbocycles. The van der Waals surface area contributed by atoms with Crippen LogP contribution in [0.3, 0.4) is 0 Å². The fourth-order valence-electron chi connectivity index (χ4n) is 2.75. The zero-order valence-corrected chi connectivity index (χ0v) is 14.5. The Morgan fingerprint density at radius 3 is 2.08 bits per heavy atom. The van der Waals surface area contributed by atoms with E-state index in [9.17, 15) is 4.79 Å². The fourth-order valence-corrected chi connectivity index (χ4v) is 2.75. The lowest BCUT2D eigenvalue weighted by molar-refractivity contribution is 0.0964. The van der Waals surface area contributed by atoms with Crippen molar-refractivity contribution < 1.29 is 23.4 Å². The lowest BCUT2D eigenvalue weighted by Gasteiger charge is -2.10. The molecule has 3 aromatic rings. The SMILES string of the molecule is CNC(=O)c1cc(OC)cc2occ(-c3cc(OC)cc(OC)c3)c12. The maximum absolute atomic E-state index is 12.4. The lowest BCUT2D eigenvalue weighted by atomic mass is 9.99. The van der Waals surface area contributed by atoms with Crippen LogP contribution in [0, 0.1) is 0 Å². The van der Waals surface area contributed by atoms with Crippen molar-refractivity contribution in [2.24, 2.45) is 0 Å². The van der Waals surface area contributed by atoms with Crippen LogP contribution in [0.1, 0.15) is 10.4 Å². The van der Waals surface area contributed by atoms with Crippen LogP contribution in [0.4, 0.5) is 0 Å². The number of rotatable bonds is 5. The molecule has 1 amide bonds. The number of carbonyl (C=O) groups excluding carboxylic acids is 1. The highest BCUT2D eigenvalue weighted by molar-refractivity contribution is 6.11. The zero-order chi connectivity index (χ0) is 18.0. The van der Waals surface area contributed by atoms with Gasteiger partial charge in [0, 0.05) is 30.1 Å². The molecule has 130 valence electrons. The Hall–Kier alpha value is -3.15. The Labute approximate surface area is 145 Å². The van der Waals surface area contributed by atoms with Gasteiger partial charge in [-0.25, -0.2) is 0 Å². The number of furan rings is 1. The van der Waals surface area contributed by atoms with Crippen LogP contribution >= 0.6 is 0 Å². The first-order valence-corrected chi connectivity index (χ1v) is 7.66. The van der Waals surface area contributed by atoms with Gasteiger partial charge in [0.05, 0.1) is 33.2 Å². The fraction of sp³-hybridized carbons (Fsp3) is 0.211. The molecule has 0 radical (unpaired) electrons. The van der Waals surface area contributed by atoms with Gasteiger partial charge < -0.3 is 23.9 Å². The molecule has 2 aromatic carbocycles. The Kier molecular flexibility index (Phi) is 4.52. The van der Waals surface area contributed by atoms with Crippen molar-refractivity contribution in [1.82, 2.24) is 5.32 Å². The van der Waals surface area contributed by atoms with Crippen molar-refractivity contribution in [2.45, 2.75) is 0 Å². The summed E-state index contributed by atoms with van der Waals surface area (Å²) >= 11 is 0. The number of ether oxygens (including phenoxy) is 3. The quantitative estimate of drug-likeness (QED) is 0.769. The maximum Gasteiger partial charge on any atom is 0.251 e. The third kappa shape index (κ3) is 2.98. The number of carbonyl (C=O) groups is 1. The molecular formula is C19H19NO5. The smallest absolute Gasteiger partial charge is 0.251 e. The van der Waals surface area contributed by atoms with Gasteiger partial charge in [0.15, 0.2) is 0 Å². The summed E-state index contributed by atoms with van der Waals surface area (Å²) in [4.78, 5) is 12.4. The summed E-state index contributed by atoms with van der Waals surface area (Å²) in [6, 6.07) is 8.96. The lowest BCUT2D eigenvalue weighted by Crippen LogP contribution is -2.18. The molecule has 0 aliphatic heterocycles. The van der Waals surface area contributed by atoms with Gasteiger partial charge in [0.1, 0.15) is 22.8 Å². The Morgan fingerprint density at radius 1 is 0.920 bits per heavy atom. The van der Waals surface area contributed by atoms with Crippen LogP contribution in [0.2, 0.25) is 0 Å². The molecule has 1 heterocycles. The van der Waals surface area contributed by atoms with Crippen LogP contribution in [-0.2, 0) is 0 Å². The molecule has 0 bridgehead atoms. The largest absolute Gasteiger partial charge is 0.497 e. The zero-order valence-electron chi connectivity index (χ0n) is 14.5. The number of hydrogen-bond donors (Lipinski definition) is 1. The van der Waals surface area contributed by atoms with Gasteiger partial charge in [-0.2, -0.15) is 0 Å². The van der Waals surface area contributed by atoms with E-state index in [1.54, 1.807) is 52.8 Å². The van der Waals surface area contributed by atoms with Gasteiger partial charge in [0.2, 0.25) is 0 Å². The molecule has 0 aliphatic rings. The second kappa shape index (κ2) is 6.76. The number of benzene rings is 2. The van der Waals surface area contributed by atoms with Crippen molar-refractivity contribution in [1.29, 1.82) is 0 Å². The van der Waals surface area contributed by atoms with E-state index in [-0.39, 0.29) is 5.91 Å². The Morgan fingerprint density at radius 2 is 1.52 bits per heavy atom. The van der Waals surface area contributed by atoms with Gasteiger partial charge in [0.25, 0.3) is 5.91 Å². The molecule has 25 heavy (non-hydrogen) atoms. The van der Waals surface area contributed by atoms with Crippen molar-refractivity contribution in [3.05, 3.63) is 42.2 Å². The predicted molar refractivity (Wildman–Crippen MR) is 94.7 cm³/mol. The first kappa shape index (κ1) is 16.7. The minimum absolute atomic E-state index is 0.221. The second-order valence-electron chi connectivity index (χ2n) is 5.38. The molecule has 0 saturated heterocycles. The van der Waals surface area contributed by atoms with Crippen LogP contribution in [0.25, 0.3) is 22.1 Å². The topological polar surface area (TPSA) is 69.9 Å². The standard InChI is InChI=1S/C19H19NO5/c1-20-19(21)15-8-14(24-4)9-17-18(15)16(10-25-17)11-5-12(22-2)7-13(6-11)23-3/h5-10H,1-4H3,(H,20,21). The van der Waals surface area contributed by atoms with E-state index >= 15 is 0 Å². The third-order valence-electron chi connectivity index (χ3n) is 4.02. The van der Waals surface area contributed by atoms with Crippen LogP contribution in [0.5, 0.6) is 17.2 Å². The molecule has 1 N–H and O–H groups in total. The number of hydrogen-bond acceptors (Lipinski definition) is 5. The van der Waals surface area contributed by atoms with Crippen molar-refractivity contribution >= 4 is 16.9 Å². The average molecular weight is 341 g/mol. The molecule has 0 spiro atoms. The van der Waals surface area contributed by atoms with Gasteiger partial charge in [-0.3, -0.25) is 4.79 Å². The predicted octanol–water partition coefficient (Wildman–Crippen LogP) is 3.49. The van der Waals surface area contributed by atoms with E-state index in [1.165, 1.54) is 0 Å². The molecule has 0 fully saturated rings. The van der Waals surface area contributed by atoms with E-state index in [0.29, 0.717) is 33.8 Å². The van der Waals surface area contributed by atoms with Gasteiger partial charge in [-0.1, -0.05) is 0 Å². The summed E-state index contributed by atoms with van der Waals surface area (Å²) in [5.41, 5.74) is 2.64. The van der Waals surface area contributed by atoms with Gasteiger partial charge >= 0.3 is 0 Å². The van der Waals surface area contributed by atoms with E-state index in [2.05, 4.69) is 5.32 Å². The van der Waals surface area contributed by atoms with Crippen molar-refractivity contribution in [3.63, 3.8) is 0 Å². The van der Waals surface area contributed by atoms with Crippen LogP contribution in [-0.4, -0.2) is 34.3 Å². The Balaban J connectivity index is 2.29. The summed E-state index contributed by atoms with van der Waals surface area (Å²) < 4.78 is 21.6. The number of methoxy groups -OCH3 is 3. The molecular weight excluding hydrogens is 322 g/mol. The van der Waals surface area contributed by atoms with E-state index < -0.39 is 0 Å². The molecule has 6 nitrogen and oxygen atoms in total. The van der Waals surface area contributed by atoms with E-state index in [4.69, 9.17) is 18.6 Å². The highest BCUT2D eigenvalue weighted by Crippen LogP contribution is 2.38. The highest BCUT2D eigenvalue weighted by atomic mass is 16.5. The number of amides is 1. The van der Waals surface area contributed by atoms with Gasteiger partial charge in [-0.05, 0) is 23.8 Å². The summed E-state index contributed by atoms with van der Waals surface area (Å²) in [5, 5.41) is 3.36.